The Labute approximate surface area is 74.4 Å². The second kappa shape index (κ2) is 2.25. The van der Waals surface area contributed by atoms with Gasteiger partial charge in [0, 0.05) is 0 Å². The normalized spacial score (nSPS) is 43.9. The first kappa shape index (κ1) is 6.94. The van der Waals surface area contributed by atoms with Crippen molar-refractivity contribution in [3.63, 3.8) is 0 Å². The minimum Gasteiger partial charge on any atom is -0.0805 e. The van der Waals surface area contributed by atoms with Crippen molar-refractivity contribution in [1.29, 1.82) is 0 Å². The van der Waals surface area contributed by atoms with Crippen LogP contribution in [-0.4, -0.2) is 0 Å². The van der Waals surface area contributed by atoms with Crippen LogP contribution in [0.1, 0.15) is 32.6 Å². The van der Waals surface area contributed by atoms with Crippen LogP contribution >= 0.6 is 0 Å². The molecular weight excluding hydrogens is 144 g/mol. The molecule has 0 aromatic rings. The van der Waals surface area contributed by atoms with Gasteiger partial charge in [0.15, 0.2) is 0 Å². The molecule has 0 aromatic heterocycles. The van der Waals surface area contributed by atoms with Gasteiger partial charge in [-0.05, 0) is 49.0 Å². The van der Waals surface area contributed by atoms with Crippen LogP contribution in [0.25, 0.3) is 0 Å². The van der Waals surface area contributed by atoms with Gasteiger partial charge in [-0.2, -0.15) is 0 Å². The first-order valence-electron chi connectivity index (χ1n) is 5.27. The van der Waals surface area contributed by atoms with E-state index in [4.69, 9.17) is 0 Å². The van der Waals surface area contributed by atoms with Crippen LogP contribution in [0, 0.1) is 17.8 Å². The molecule has 64 valence electrons. The molecule has 0 bridgehead atoms. The van der Waals surface area contributed by atoms with Gasteiger partial charge in [0.1, 0.15) is 0 Å². The molecule has 0 spiro atoms. The average molecular weight is 160 g/mol. The molecule has 3 rings (SSSR count). The van der Waals surface area contributed by atoms with Crippen LogP contribution < -0.4 is 0 Å². The molecule has 3 unspecified atom stereocenters. The molecule has 0 radical (unpaired) electrons. The van der Waals surface area contributed by atoms with Gasteiger partial charge < -0.3 is 0 Å². The maximum Gasteiger partial charge on any atom is -0.0126 e. The Bertz CT molecular complexity index is 270. The standard InChI is InChI=1S/C12H16/c1-8-3-2-4-9-5-6-10-7-11(10)12(8)9/h5-6,8,10-11H,2-4,7H2,1H3. The van der Waals surface area contributed by atoms with E-state index < -0.39 is 0 Å². The summed E-state index contributed by atoms with van der Waals surface area (Å²) in [6.07, 6.45) is 10.5. The van der Waals surface area contributed by atoms with E-state index in [1.807, 2.05) is 5.57 Å². The maximum atomic E-state index is 2.45. The zero-order valence-electron chi connectivity index (χ0n) is 7.72. The summed E-state index contributed by atoms with van der Waals surface area (Å²) >= 11 is 0. The van der Waals surface area contributed by atoms with Crippen molar-refractivity contribution in [3.05, 3.63) is 23.3 Å². The van der Waals surface area contributed by atoms with Gasteiger partial charge in [-0.1, -0.05) is 24.6 Å². The molecule has 12 heavy (non-hydrogen) atoms. The van der Waals surface area contributed by atoms with Crippen LogP contribution in [-0.2, 0) is 0 Å². The number of rotatable bonds is 0. The zero-order chi connectivity index (χ0) is 8.13. The summed E-state index contributed by atoms with van der Waals surface area (Å²) in [6, 6.07) is 0. The highest BCUT2D eigenvalue weighted by molar-refractivity contribution is 5.40. The van der Waals surface area contributed by atoms with Crippen molar-refractivity contribution in [2.45, 2.75) is 32.6 Å². The van der Waals surface area contributed by atoms with Crippen molar-refractivity contribution >= 4 is 0 Å². The highest BCUT2D eigenvalue weighted by Gasteiger charge is 2.43. The second-order valence-electron chi connectivity index (χ2n) is 4.64. The van der Waals surface area contributed by atoms with E-state index in [1.165, 1.54) is 25.7 Å². The van der Waals surface area contributed by atoms with E-state index >= 15 is 0 Å². The topological polar surface area (TPSA) is 0 Å². The molecule has 0 aliphatic heterocycles. The minimum atomic E-state index is 0.897. The molecule has 3 aliphatic rings. The highest BCUT2D eigenvalue weighted by atomic mass is 14.5. The Morgan fingerprint density at radius 3 is 3.25 bits per heavy atom. The maximum absolute atomic E-state index is 2.45. The Balaban J connectivity index is 2.03. The Morgan fingerprint density at radius 1 is 1.42 bits per heavy atom. The fourth-order valence-electron chi connectivity index (χ4n) is 3.02. The van der Waals surface area contributed by atoms with E-state index in [-0.39, 0.29) is 0 Å². The number of allylic oxidation sites excluding steroid dienone is 4. The predicted molar refractivity (Wildman–Crippen MR) is 50.8 cm³/mol. The summed E-state index contributed by atoms with van der Waals surface area (Å²) in [7, 11) is 0. The summed E-state index contributed by atoms with van der Waals surface area (Å²) in [5.41, 5.74) is 3.54. The number of fused-ring (bicyclic) bond motifs is 2. The number of hydrogen-bond acceptors (Lipinski definition) is 0. The minimum absolute atomic E-state index is 0.897. The van der Waals surface area contributed by atoms with Gasteiger partial charge >= 0.3 is 0 Å². The van der Waals surface area contributed by atoms with Crippen molar-refractivity contribution in [3.8, 4) is 0 Å². The lowest BCUT2D eigenvalue weighted by molar-refractivity contribution is 0.507. The monoisotopic (exact) mass is 160 g/mol. The third-order valence-electron chi connectivity index (χ3n) is 3.77. The highest BCUT2D eigenvalue weighted by Crippen LogP contribution is 2.54. The fourth-order valence-corrected chi connectivity index (χ4v) is 3.02. The van der Waals surface area contributed by atoms with E-state index in [1.54, 1.807) is 5.57 Å². The molecule has 0 saturated heterocycles. The van der Waals surface area contributed by atoms with Crippen LogP contribution in [0.15, 0.2) is 23.3 Å². The molecule has 0 nitrogen and oxygen atoms in total. The smallest absolute Gasteiger partial charge is 0.0126 e. The SMILES string of the molecule is CC1CCCC2=C1C1CC1C=C2. The molecule has 3 atom stereocenters. The van der Waals surface area contributed by atoms with Gasteiger partial charge in [-0.15, -0.1) is 0 Å². The molecule has 0 N–H and O–H groups in total. The van der Waals surface area contributed by atoms with Gasteiger partial charge in [-0.3, -0.25) is 0 Å². The molecule has 0 heterocycles. The largest absolute Gasteiger partial charge is 0.0805 e. The van der Waals surface area contributed by atoms with Gasteiger partial charge in [0.2, 0.25) is 0 Å². The Hall–Kier alpha value is -0.520. The molecule has 0 heteroatoms. The lowest BCUT2D eigenvalue weighted by atomic mass is 9.79. The summed E-state index contributed by atoms with van der Waals surface area (Å²) in [5.74, 6) is 2.83. The molecule has 0 amide bonds. The van der Waals surface area contributed by atoms with E-state index in [0.717, 1.165) is 17.8 Å². The van der Waals surface area contributed by atoms with E-state index in [2.05, 4.69) is 19.1 Å². The third-order valence-corrected chi connectivity index (χ3v) is 3.77. The first-order chi connectivity index (χ1) is 5.86. The summed E-state index contributed by atoms with van der Waals surface area (Å²) in [6.45, 7) is 2.42. The molecular formula is C12H16. The average Bonchev–Trinajstić information content (AvgIpc) is 2.82. The van der Waals surface area contributed by atoms with Gasteiger partial charge in [0.05, 0.1) is 0 Å². The molecule has 1 fully saturated rings. The van der Waals surface area contributed by atoms with Crippen LogP contribution in [0.5, 0.6) is 0 Å². The Morgan fingerprint density at radius 2 is 2.33 bits per heavy atom. The summed E-state index contributed by atoms with van der Waals surface area (Å²) < 4.78 is 0. The zero-order valence-corrected chi connectivity index (χ0v) is 7.72. The third kappa shape index (κ3) is 0.840. The fraction of sp³-hybridized carbons (Fsp3) is 0.667. The first-order valence-corrected chi connectivity index (χ1v) is 5.27. The van der Waals surface area contributed by atoms with Gasteiger partial charge in [0.25, 0.3) is 0 Å². The predicted octanol–water partition coefficient (Wildman–Crippen LogP) is 3.31. The van der Waals surface area contributed by atoms with Crippen LogP contribution in [0.3, 0.4) is 0 Å². The lowest BCUT2D eigenvalue weighted by Crippen LogP contribution is -2.12. The van der Waals surface area contributed by atoms with Crippen molar-refractivity contribution in [2.75, 3.05) is 0 Å². The number of hydrogen-bond donors (Lipinski definition) is 0. The van der Waals surface area contributed by atoms with E-state index in [0.29, 0.717) is 0 Å². The van der Waals surface area contributed by atoms with Crippen molar-refractivity contribution < 1.29 is 0 Å². The second-order valence-corrected chi connectivity index (χ2v) is 4.64. The van der Waals surface area contributed by atoms with Gasteiger partial charge in [-0.25, -0.2) is 0 Å². The van der Waals surface area contributed by atoms with Crippen molar-refractivity contribution in [1.82, 2.24) is 0 Å². The van der Waals surface area contributed by atoms with Crippen LogP contribution in [0.4, 0.5) is 0 Å². The molecule has 1 saturated carbocycles. The molecule has 0 aromatic carbocycles. The van der Waals surface area contributed by atoms with Crippen LogP contribution in [0.2, 0.25) is 0 Å². The quantitative estimate of drug-likeness (QED) is 0.510. The summed E-state index contributed by atoms with van der Waals surface area (Å²) in [5, 5.41) is 0. The Kier molecular flexibility index (Phi) is 1.30. The summed E-state index contributed by atoms with van der Waals surface area (Å²) in [4.78, 5) is 0. The lowest BCUT2D eigenvalue weighted by Gasteiger charge is -2.26. The van der Waals surface area contributed by atoms with E-state index in [9.17, 15) is 0 Å². The van der Waals surface area contributed by atoms with Crippen molar-refractivity contribution in [2.24, 2.45) is 17.8 Å². The molecule has 3 aliphatic carbocycles.